The van der Waals surface area contributed by atoms with E-state index >= 15 is 0 Å². The minimum absolute atomic E-state index is 0.400. The Balaban J connectivity index is 4.34. The normalized spacial score (nSPS) is 11.6. The van der Waals surface area contributed by atoms with Crippen LogP contribution in [0.3, 0.4) is 0 Å². The molecular weight excluding hydrogens is 208 g/mol. The Hall–Kier alpha value is -1.58. The maximum absolute atomic E-state index is 10.8. The summed E-state index contributed by atoms with van der Waals surface area (Å²) in [6.45, 7) is 7.56. The Morgan fingerprint density at radius 1 is 1.31 bits per heavy atom. The Bertz CT molecular complexity index is 311. The van der Waals surface area contributed by atoms with Crippen LogP contribution < -0.4 is 0 Å². The summed E-state index contributed by atoms with van der Waals surface area (Å²) in [5.41, 5.74) is 1.62. The second kappa shape index (κ2) is 6.82. The fourth-order valence-corrected chi connectivity index (χ4v) is 1.30. The van der Waals surface area contributed by atoms with Gasteiger partial charge in [-0.15, -0.1) is 0 Å². The summed E-state index contributed by atoms with van der Waals surface area (Å²) in [7, 11) is 0. The number of rotatable bonds is 7. The van der Waals surface area contributed by atoms with E-state index in [-0.39, 0.29) is 0 Å². The molecule has 0 saturated carbocycles. The Labute approximate surface area is 95.3 Å². The quantitative estimate of drug-likeness (QED) is 0.654. The van der Waals surface area contributed by atoms with E-state index in [2.05, 4.69) is 6.58 Å². The van der Waals surface area contributed by atoms with Gasteiger partial charge in [0, 0.05) is 0 Å². The molecule has 0 heterocycles. The summed E-state index contributed by atoms with van der Waals surface area (Å²) in [4.78, 5) is 21.3. The van der Waals surface area contributed by atoms with Gasteiger partial charge >= 0.3 is 11.9 Å². The molecule has 0 aromatic rings. The van der Waals surface area contributed by atoms with Gasteiger partial charge in [0.15, 0.2) is 0 Å². The molecule has 0 aromatic carbocycles. The van der Waals surface area contributed by atoms with Crippen molar-refractivity contribution >= 4 is 11.9 Å². The minimum Gasteiger partial charge on any atom is -0.481 e. The summed E-state index contributed by atoms with van der Waals surface area (Å²) in [6.07, 6.45) is 2.79. The van der Waals surface area contributed by atoms with E-state index in [0.29, 0.717) is 18.4 Å². The van der Waals surface area contributed by atoms with Gasteiger partial charge in [-0.3, -0.25) is 9.59 Å². The third kappa shape index (κ3) is 6.01. The van der Waals surface area contributed by atoms with E-state index in [1.54, 1.807) is 0 Å². The highest BCUT2D eigenvalue weighted by Gasteiger charge is 2.23. The molecule has 4 heteroatoms. The van der Waals surface area contributed by atoms with Crippen LogP contribution in [0.25, 0.3) is 0 Å². The van der Waals surface area contributed by atoms with Crippen LogP contribution in [0.2, 0.25) is 0 Å². The average Bonchev–Trinajstić information content (AvgIpc) is 2.12. The number of hydrogen-bond donors (Lipinski definition) is 2. The average molecular weight is 226 g/mol. The predicted molar refractivity (Wildman–Crippen MR) is 61.2 cm³/mol. The lowest BCUT2D eigenvalue weighted by molar-refractivity contribution is -0.146. The zero-order chi connectivity index (χ0) is 12.7. The molecule has 0 fully saturated rings. The van der Waals surface area contributed by atoms with Gasteiger partial charge in [-0.25, -0.2) is 0 Å². The van der Waals surface area contributed by atoms with Gasteiger partial charge in [0.1, 0.15) is 0 Å². The molecule has 0 aliphatic rings. The molecule has 0 amide bonds. The van der Waals surface area contributed by atoms with E-state index in [4.69, 9.17) is 10.2 Å². The Kier molecular flexibility index (Phi) is 6.15. The fraction of sp³-hybridized carbons (Fsp3) is 0.500. The summed E-state index contributed by atoms with van der Waals surface area (Å²) < 4.78 is 0. The Morgan fingerprint density at radius 3 is 2.25 bits per heavy atom. The van der Waals surface area contributed by atoms with Crippen LogP contribution >= 0.6 is 0 Å². The molecule has 4 nitrogen and oxygen atoms in total. The molecule has 0 bridgehead atoms. The third-order valence-corrected chi connectivity index (χ3v) is 2.19. The lowest BCUT2D eigenvalue weighted by Gasteiger charge is -2.12. The first-order valence-corrected chi connectivity index (χ1v) is 5.10. The standard InChI is InChI=1S/C12H18O4/c1-8(2)5-4-6-9(3)10(12(15)16)7-11(13)14/h5,10H,3-4,6-7H2,1-2H3,(H,13,14)(H,15,16). The van der Waals surface area contributed by atoms with Crippen molar-refractivity contribution in [3.05, 3.63) is 23.8 Å². The highest BCUT2D eigenvalue weighted by Crippen LogP contribution is 2.19. The van der Waals surface area contributed by atoms with Gasteiger partial charge in [-0.2, -0.15) is 0 Å². The molecular formula is C12H18O4. The molecule has 2 N–H and O–H groups in total. The van der Waals surface area contributed by atoms with Crippen LogP contribution in [-0.4, -0.2) is 22.2 Å². The monoisotopic (exact) mass is 226 g/mol. The fourth-order valence-electron chi connectivity index (χ4n) is 1.30. The van der Waals surface area contributed by atoms with Crippen LogP contribution in [0.5, 0.6) is 0 Å². The number of carboxylic acids is 2. The zero-order valence-electron chi connectivity index (χ0n) is 9.69. The van der Waals surface area contributed by atoms with Gasteiger partial charge in [-0.1, -0.05) is 23.8 Å². The number of carbonyl (C=O) groups is 2. The lowest BCUT2D eigenvalue weighted by atomic mass is 9.93. The van der Waals surface area contributed by atoms with Crippen molar-refractivity contribution in [3.8, 4) is 0 Å². The van der Waals surface area contributed by atoms with Crippen molar-refractivity contribution in [1.29, 1.82) is 0 Å². The van der Waals surface area contributed by atoms with Gasteiger partial charge in [0.05, 0.1) is 12.3 Å². The van der Waals surface area contributed by atoms with Crippen LogP contribution in [0.15, 0.2) is 23.8 Å². The summed E-state index contributed by atoms with van der Waals surface area (Å²) in [5, 5.41) is 17.4. The van der Waals surface area contributed by atoms with E-state index in [1.807, 2.05) is 19.9 Å². The third-order valence-electron chi connectivity index (χ3n) is 2.19. The first kappa shape index (κ1) is 14.4. The van der Waals surface area contributed by atoms with Crippen molar-refractivity contribution in [2.75, 3.05) is 0 Å². The molecule has 1 atom stereocenters. The van der Waals surface area contributed by atoms with E-state index in [1.165, 1.54) is 0 Å². The van der Waals surface area contributed by atoms with Crippen LogP contribution in [0, 0.1) is 5.92 Å². The van der Waals surface area contributed by atoms with E-state index < -0.39 is 24.3 Å². The molecule has 0 aromatic heterocycles. The molecule has 90 valence electrons. The highest BCUT2D eigenvalue weighted by atomic mass is 16.4. The van der Waals surface area contributed by atoms with Gasteiger partial charge < -0.3 is 10.2 Å². The molecule has 0 aliphatic carbocycles. The first-order chi connectivity index (χ1) is 7.34. The summed E-state index contributed by atoms with van der Waals surface area (Å²) >= 11 is 0. The van der Waals surface area contributed by atoms with Crippen LogP contribution in [0.4, 0.5) is 0 Å². The number of hydrogen-bond acceptors (Lipinski definition) is 2. The van der Waals surface area contributed by atoms with Crippen LogP contribution in [-0.2, 0) is 9.59 Å². The molecule has 0 radical (unpaired) electrons. The smallest absolute Gasteiger partial charge is 0.311 e. The van der Waals surface area contributed by atoms with Crippen molar-refractivity contribution in [3.63, 3.8) is 0 Å². The largest absolute Gasteiger partial charge is 0.481 e. The minimum atomic E-state index is -1.12. The maximum atomic E-state index is 10.8. The molecule has 0 rings (SSSR count). The Morgan fingerprint density at radius 2 is 1.88 bits per heavy atom. The zero-order valence-corrected chi connectivity index (χ0v) is 9.69. The van der Waals surface area contributed by atoms with Crippen molar-refractivity contribution in [2.45, 2.75) is 33.1 Å². The van der Waals surface area contributed by atoms with Crippen LogP contribution in [0.1, 0.15) is 33.1 Å². The van der Waals surface area contributed by atoms with Crippen molar-refractivity contribution < 1.29 is 19.8 Å². The summed E-state index contributed by atoms with van der Waals surface area (Å²) in [6, 6.07) is 0. The molecule has 0 spiro atoms. The topological polar surface area (TPSA) is 74.6 Å². The van der Waals surface area contributed by atoms with Gasteiger partial charge in [0.2, 0.25) is 0 Å². The second-order valence-corrected chi connectivity index (χ2v) is 3.97. The van der Waals surface area contributed by atoms with Crippen molar-refractivity contribution in [1.82, 2.24) is 0 Å². The van der Waals surface area contributed by atoms with Crippen molar-refractivity contribution in [2.24, 2.45) is 5.92 Å². The molecule has 16 heavy (non-hydrogen) atoms. The molecule has 1 unspecified atom stereocenters. The maximum Gasteiger partial charge on any atom is 0.311 e. The van der Waals surface area contributed by atoms with E-state index in [9.17, 15) is 9.59 Å². The molecule has 0 aliphatic heterocycles. The first-order valence-electron chi connectivity index (χ1n) is 5.10. The summed E-state index contributed by atoms with van der Waals surface area (Å²) in [5.74, 6) is -3.22. The number of allylic oxidation sites excluding steroid dienone is 2. The number of carboxylic acid groups (broad SMARTS) is 2. The van der Waals surface area contributed by atoms with Gasteiger partial charge in [0.25, 0.3) is 0 Å². The SMILES string of the molecule is C=C(CCC=C(C)C)C(CC(=O)O)C(=O)O. The predicted octanol–water partition coefficient (Wildman–Crippen LogP) is 2.46. The number of aliphatic carboxylic acids is 2. The lowest BCUT2D eigenvalue weighted by Crippen LogP contribution is -2.19. The highest BCUT2D eigenvalue weighted by molar-refractivity contribution is 5.80. The molecule has 0 saturated heterocycles. The second-order valence-electron chi connectivity index (χ2n) is 3.97. The van der Waals surface area contributed by atoms with E-state index in [0.717, 1.165) is 5.57 Å². The van der Waals surface area contributed by atoms with Gasteiger partial charge in [-0.05, 0) is 26.7 Å².